The van der Waals surface area contributed by atoms with Crippen LogP contribution in [-0.4, -0.2) is 61.3 Å². The summed E-state index contributed by atoms with van der Waals surface area (Å²) in [5.41, 5.74) is 0.378. The van der Waals surface area contributed by atoms with Crippen LogP contribution in [0.1, 0.15) is 5.56 Å². The van der Waals surface area contributed by atoms with E-state index >= 15 is 0 Å². The summed E-state index contributed by atoms with van der Waals surface area (Å²) in [5, 5.41) is 11.1. The quantitative estimate of drug-likeness (QED) is 0.362. The van der Waals surface area contributed by atoms with Crippen LogP contribution in [0.5, 0.6) is 11.5 Å². The summed E-state index contributed by atoms with van der Waals surface area (Å²) in [6.07, 6.45) is 1.36. The molecule has 2 rings (SSSR count). The number of nitrogens with zero attached hydrogens (tertiary/aromatic N) is 1. The van der Waals surface area contributed by atoms with Crippen LogP contribution in [0.2, 0.25) is 0 Å². The molecule has 144 valence electrons. The second-order valence-corrected chi connectivity index (χ2v) is 6.03. The number of imide groups is 1. The number of methoxy groups -OCH3 is 2. The van der Waals surface area contributed by atoms with Gasteiger partial charge in [-0.1, -0.05) is 0 Å². The van der Waals surface area contributed by atoms with Crippen molar-refractivity contribution in [1.29, 1.82) is 0 Å². The third kappa shape index (κ3) is 4.76. The number of halogens is 1. The van der Waals surface area contributed by atoms with Crippen LogP contribution in [-0.2, 0) is 19.1 Å². The second-order valence-electron chi connectivity index (χ2n) is 5.17. The van der Waals surface area contributed by atoms with Gasteiger partial charge in [-0.15, -0.1) is 0 Å². The van der Waals surface area contributed by atoms with Crippen molar-refractivity contribution in [2.45, 2.75) is 0 Å². The lowest BCUT2D eigenvalue weighted by Crippen LogP contribution is -2.35. The number of rotatable bonds is 7. The van der Waals surface area contributed by atoms with Gasteiger partial charge in [0.2, 0.25) is 0 Å². The molecule has 0 atom stereocenters. The molecule has 0 aliphatic carbocycles. The number of carboxylic acids is 1. The highest BCUT2D eigenvalue weighted by Crippen LogP contribution is 2.37. The third-order valence-corrected chi connectivity index (χ3v) is 3.97. The van der Waals surface area contributed by atoms with Crippen LogP contribution in [0.25, 0.3) is 6.08 Å². The topological polar surface area (TPSA) is 131 Å². The van der Waals surface area contributed by atoms with Gasteiger partial charge in [-0.05, 0) is 39.7 Å². The van der Waals surface area contributed by atoms with Crippen molar-refractivity contribution in [2.75, 3.05) is 27.4 Å². The summed E-state index contributed by atoms with van der Waals surface area (Å²) >= 11 is 3.29. The fourth-order valence-electron chi connectivity index (χ4n) is 2.17. The van der Waals surface area contributed by atoms with Crippen molar-refractivity contribution < 1.29 is 38.5 Å². The first-order chi connectivity index (χ1) is 12.8. The Kier molecular flexibility index (Phi) is 6.40. The molecule has 0 radical (unpaired) electrons. The zero-order valence-electron chi connectivity index (χ0n) is 14.3. The molecule has 1 saturated heterocycles. The number of nitrogens with one attached hydrogen (secondary N) is 1. The number of amides is 3. The summed E-state index contributed by atoms with van der Waals surface area (Å²) in [6, 6.07) is 2.27. The van der Waals surface area contributed by atoms with Gasteiger partial charge >= 0.3 is 18.0 Å². The Morgan fingerprint density at radius 2 is 2.00 bits per heavy atom. The van der Waals surface area contributed by atoms with E-state index in [9.17, 15) is 19.2 Å². The van der Waals surface area contributed by atoms with Crippen molar-refractivity contribution in [3.63, 3.8) is 0 Å². The monoisotopic (exact) mass is 442 g/mol. The van der Waals surface area contributed by atoms with Gasteiger partial charge in [0.1, 0.15) is 12.2 Å². The smallest absolute Gasteiger partial charge is 0.343 e. The zero-order valence-corrected chi connectivity index (χ0v) is 15.9. The van der Waals surface area contributed by atoms with E-state index in [4.69, 9.17) is 14.6 Å². The van der Waals surface area contributed by atoms with Gasteiger partial charge in [-0.25, -0.2) is 14.5 Å². The van der Waals surface area contributed by atoms with Gasteiger partial charge in [0.25, 0.3) is 5.91 Å². The van der Waals surface area contributed by atoms with Gasteiger partial charge in [0, 0.05) is 0 Å². The molecular formula is C16H15BrN2O8. The number of hydrogen-bond donors (Lipinski definition) is 2. The average molecular weight is 443 g/mol. The average Bonchev–Trinajstić information content (AvgIpc) is 2.87. The Morgan fingerprint density at radius 1 is 1.30 bits per heavy atom. The first kappa shape index (κ1) is 20.2. The summed E-state index contributed by atoms with van der Waals surface area (Å²) < 4.78 is 15.5. The van der Waals surface area contributed by atoms with Crippen LogP contribution < -0.4 is 14.8 Å². The van der Waals surface area contributed by atoms with Crippen molar-refractivity contribution in [3.8, 4) is 11.5 Å². The van der Waals surface area contributed by atoms with E-state index in [0.29, 0.717) is 14.9 Å². The van der Waals surface area contributed by atoms with E-state index in [1.165, 1.54) is 26.4 Å². The molecule has 2 N–H and O–H groups in total. The molecule has 0 spiro atoms. The summed E-state index contributed by atoms with van der Waals surface area (Å²) in [6.45, 7) is -1.07. The lowest BCUT2D eigenvalue weighted by molar-refractivity contribution is -0.143. The van der Waals surface area contributed by atoms with Crippen molar-refractivity contribution in [1.82, 2.24) is 10.2 Å². The fraction of sp³-hybridized carbons (Fsp3) is 0.250. The molecule has 0 saturated carbocycles. The van der Waals surface area contributed by atoms with Crippen molar-refractivity contribution >= 4 is 45.9 Å². The summed E-state index contributed by atoms with van der Waals surface area (Å²) in [5.74, 6) is -2.13. The maximum atomic E-state index is 12.2. The molecule has 3 amide bonds. The van der Waals surface area contributed by atoms with Crippen LogP contribution in [0, 0.1) is 0 Å². The van der Waals surface area contributed by atoms with Gasteiger partial charge in [0.05, 0.1) is 18.7 Å². The SMILES string of the molecule is COC(=O)COc1c(Br)cc(/C=C2/NC(=O)N(CC(=O)O)C2=O)cc1OC. The van der Waals surface area contributed by atoms with E-state index in [2.05, 4.69) is 26.0 Å². The third-order valence-electron chi connectivity index (χ3n) is 3.38. The van der Waals surface area contributed by atoms with Crippen LogP contribution >= 0.6 is 15.9 Å². The predicted molar refractivity (Wildman–Crippen MR) is 94.1 cm³/mol. The molecule has 0 aromatic heterocycles. The predicted octanol–water partition coefficient (Wildman–Crippen LogP) is 0.987. The molecular weight excluding hydrogens is 428 g/mol. The summed E-state index contributed by atoms with van der Waals surface area (Å²) in [7, 11) is 2.62. The first-order valence-corrected chi connectivity index (χ1v) is 8.19. The Hall–Kier alpha value is -3.08. The number of carbonyl (C=O) groups excluding carboxylic acids is 3. The molecule has 1 aromatic carbocycles. The Balaban J connectivity index is 2.29. The lowest BCUT2D eigenvalue weighted by atomic mass is 10.1. The first-order valence-electron chi connectivity index (χ1n) is 7.40. The van der Waals surface area contributed by atoms with E-state index in [1.807, 2.05) is 0 Å². The van der Waals surface area contributed by atoms with Crippen molar-refractivity contribution in [3.05, 3.63) is 27.9 Å². The molecule has 1 aliphatic heterocycles. The largest absolute Gasteiger partial charge is 0.493 e. The number of benzene rings is 1. The van der Waals surface area contributed by atoms with Gasteiger partial charge in [0.15, 0.2) is 18.1 Å². The molecule has 1 fully saturated rings. The highest BCUT2D eigenvalue weighted by Gasteiger charge is 2.34. The standard InChI is InChI=1S/C16H15BrN2O8/c1-25-11-5-8(3-9(17)14(11)27-7-13(22)26-2)4-10-15(23)19(6-12(20)21)16(24)18-10/h3-5H,6-7H2,1-2H3,(H,18,24)(H,20,21)/b10-4+. The minimum absolute atomic E-state index is 0.0848. The Bertz CT molecular complexity index is 836. The van der Waals surface area contributed by atoms with Gasteiger partial charge in [-0.2, -0.15) is 0 Å². The fourth-order valence-corrected chi connectivity index (χ4v) is 2.74. The number of aliphatic carboxylic acids is 1. The summed E-state index contributed by atoms with van der Waals surface area (Å²) in [4.78, 5) is 46.5. The molecule has 11 heteroatoms. The number of urea groups is 1. The van der Waals surface area contributed by atoms with Gasteiger partial charge < -0.3 is 24.6 Å². The van der Waals surface area contributed by atoms with Crippen LogP contribution in [0.4, 0.5) is 4.79 Å². The lowest BCUT2D eigenvalue weighted by Gasteiger charge is -2.13. The van der Waals surface area contributed by atoms with Crippen molar-refractivity contribution in [2.24, 2.45) is 0 Å². The molecule has 0 unspecified atom stereocenters. The number of ether oxygens (including phenoxy) is 3. The maximum absolute atomic E-state index is 12.2. The number of hydrogen-bond acceptors (Lipinski definition) is 7. The Morgan fingerprint density at radius 3 is 2.59 bits per heavy atom. The minimum atomic E-state index is -1.31. The van der Waals surface area contributed by atoms with Crippen LogP contribution in [0.15, 0.2) is 22.3 Å². The minimum Gasteiger partial charge on any atom is -0.493 e. The molecule has 10 nitrogen and oxygen atoms in total. The molecule has 1 aliphatic rings. The highest BCUT2D eigenvalue weighted by atomic mass is 79.9. The zero-order chi connectivity index (χ0) is 20.1. The van der Waals surface area contributed by atoms with Crippen LogP contribution in [0.3, 0.4) is 0 Å². The van der Waals surface area contributed by atoms with E-state index in [1.54, 1.807) is 6.07 Å². The van der Waals surface area contributed by atoms with E-state index in [-0.39, 0.29) is 23.8 Å². The van der Waals surface area contributed by atoms with E-state index in [0.717, 1.165) is 0 Å². The van der Waals surface area contributed by atoms with E-state index < -0.39 is 30.4 Å². The number of carboxylic acid groups (broad SMARTS) is 1. The Labute approximate surface area is 161 Å². The molecule has 27 heavy (non-hydrogen) atoms. The normalized spacial score (nSPS) is 14.9. The number of esters is 1. The number of carbonyl (C=O) groups is 4. The highest BCUT2D eigenvalue weighted by molar-refractivity contribution is 9.10. The molecule has 1 heterocycles. The maximum Gasteiger partial charge on any atom is 0.343 e. The molecule has 1 aromatic rings. The second kappa shape index (κ2) is 8.54. The molecule has 0 bridgehead atoms. The van der Waals surface area contributed by atoms with Gasteiger partial charge in [-0.3, -0.25) is 9.59 Å².